The first-order valence-electron chi connectivity index (χ1n) is 15.9. The van der Waals surface area contributed by atoms with E-state index in [9.17, 15) is 31.1 Å². The molecular weight excluding hydrogens is 724 g/mol. The van der Waals surface area contributed by atoms with E-state index < -0.39 is 30.3 Å². The molecule has 2 aliphatic rings. The molecule has 2 aromatic carbocycles. The molecule has 0 amide bonds. The molecule has 1 saturated heterocycles. The van der Waals surface area contributed by atoms with Crippen LogP contribution in [-0.2, 0) is 43.3 Å². The highest BCUT2D eigenvalue weighted by atomic mass is 19.4. The quantitative estimate of drug-likeness (QED) is 0.153. The van der Waals surface area contributed by atoms with E-state index in [1.54, 1.807) is 0 Å². The standard InChI is InChI=1S/C29H35N5O5.2C2HF3O2/c30-29-31-27-24-9-7-23(39-19-21-4-2-1-3-5-21)18-22(24)6-8-25(27)28(32-29)34-12-10-33(11-13-34)14-15-37-16-17-38-20-26(35)36;2*3-2(4,5)1(6)7/h1-5,7,9,18H,6,8,10-17,19-20H2,(H,35,36)(H2,30,31,32);2*(H,6,7). The Morgan fingerprint density at radius 2 is 1.40 bits per heavy atom. The summed E-state index contributed by atoms with van der Waals surface area (Å²) in [5, 5.41) is 22.8. The molecule has 1 aromatic heterocycles. The maximum Gasteiger partial charge on any atom is 0.490 e. The second-order valence-electron chi connectivity index (χ2n) is 11.3. The molecule has 3 aromatic rings. The number of ether oxygens (including phenoxy) is 3. The molecule has 1 fully saturated rings. The zero-order valence-electron chi connectivity index (χ0n) is 28.0. The molecule has 14 nitrogen and oxygen atoms in total. The van der Waals surface area contributed by atoms with Crippen LogP contribution >= 0.6 is 0 Å². The first-order valence-corrected chi connectivity index (χ1v) is 15.9. The number of rotatable bonds is 12. The highest BCUT2D eigenvalue weighted by molar-refractivity contribution is 5.76. The lowest BCUT2D eigenvalue weighted by Crippen LogP contribution is -2.48. The molecule has 0 saturated carbocycles. The average molecular weight is 762 g/mol. The van der Waals surface area contributed by atoms with Crippen molar-refractivity contribution >= 4 is 29.7 Å². The number of fused-ring (bicyclic) bond motifs is 3. The smallest absolute Gasteiger partial charge is 0.489 e. The summed E-state index contributed by atoms with van der Waals surface area (Å²) < 4.78 is 80.1. The molecule has 5 rings (SSSR count). The molecule has 0 radical (unpaired) electrons. The Kier molecular flexibility index (Phi) is 15.6. The minimum absolute atomic E-state index is 0.283. The van der Waals surface area contributed by atoms with Crippen molar-refractivity contribution in [2.24, 2.45) is 0 Å². The maximum absolute atomic E-state index is 10.6. The van der Waals surface area contributed by atoms with Crippen LogP contribution in [0.4, 0.5) is 38.1 Å². The van der Waals surface area contributed by atoms with Crippen LogP contribution in [0.1, 0.15) is 16.7 Å². The van der Waals surface area contributed by atoms with Gasteiger partial charge in [-0.3, -0.25) is 4.90 Å². The van der Waals surface area contributed by atoms with Crippen molar-refractivity contribution < 1.29 is 70.3 Å². The van der Waals surface area contributed by atoms with Gasteiger partial charge >= 0.3 is 30.3 Å². The average Bonchev–Trinajstić information content (AvgIpc) is 3.10. The van der Waals surface area contributed by atoms with Gasteiger partial charge in [0.25, 0.3) is 0 Å². The van der Waals surface area contributed by atoms with Crippen molar-refractivity contribution in [3.8, 4) is 17.0 Å². The summed E-state index contributed by atoms with van der Waals surface area (Å²) in [6.45, 7) is 5.82. The van der Waals surface area contributed by atoms with E-state index in [1.165, 1.54) is 5.56 Å². The maximum atomic E-state index is 10.6. The number of piperazine rings is 1. The molecule has 0 bridgehead atoms. The third-order valence-corrected chi connectivity index (χ3v) is 7.53. The molecule has 0 spiro atoms. The summed E-state index contributed by atoms with van der Waals surface area (Å²) in [4.78, 5) is 42.3. The van der Waals surface area contributed by atoms with Gasteiger partial charge in [-0.1, -0.05) is 30.3 Å². The zero-order chi connectivity index (χ0) is 39.2. The SMILES string of the molecule is Nc1nc2c(c(N3CCN(CCOCCOCC(=O)O)CC3)n1)CCc1cc(OCc3ccccc3)ccc1-2.O=C(O)C(F)(F)F.O=C(O)C(F)(F)F. The van der Waals surface area contributed by atoms with Crippen LogP contribution < -0.4 is 15.4 Å². The summed E-state index contributed by atoms with van der Waals surface area (Å²) in [7, 11) is 0. The van der Waals surface area contributed by atoms with Gasteiger partial charge in [-0.2, -0.15) is 31.3 Å². The number of benzene rings is 2. The molecule has 5 N–H and O–H groups in total. The third-order valence-electron chi connectivity index (χ3n) is 7.53. The fraction of sp³-hybridized carbons (Fsp3) is 0.424. The van der Waals surface area contributed by atoms with Crippen molar-refractivity contribution in [2.75, 3.05) is 69.8 Å². The van der Waals surface area contributed by atoms with Crippen LogP contribution in [0.3, 0.4) is 0 Å². The van der Waals surface area contributed by atoms with E-state index in [0.717, 1.165) is 79.5 Å². The van der Waals surface area contributed by atoms with E-state index in [1.807, 2.05) is 24.3 Å². The van der Waals surface area contributed by atoms with Crippen LogP contribution in [0, 0.1) is 0 Å². The second kappa shape index (κ2) is 19.6. The first kappa shape index (κ1) is 42.2. The molecule has 1 aliphatic heterocycles. The Labute approximate surface area is 298 Å². The van der Waals surface area contributed by atoms with Gasteiger partial charge in [-0.05, 0) is 42.2 Å². The molecule has 1 aliphatic carbocycles. The van der Waals surface area contributed by atoms with Crippen molar-refractivity contribution in [3.05, 3.63) is 65.2 Å². The Hall–Kier alpha value is -5.21. The molecule has 0 unspecified atom stereocenters. The number of carbonyl (C=O) groups is 3. The van der Waals surface area contributed by atoms with E-state index in [4.69, 9.17) is 44.9 Å². The van der Waals surface area contributed by atoms with Crippen LogP contribution in [-0.4, -0.2) is 120 Å². The summed E-state index contributed by atoms with van der Waals surface area (Å²) in [6.07, 6.45) is -8.41. The largest absolute Gasteiger partial charge is 0.490 e. The third kappa shape index (κ3) is 14.0. The number of hydrogen-bond acceptors (Lipinski definition) is 11. The van der Waals surface area contributed by atoms with Crippen molar-refractivity contribution in [3.63, 3.8) is 0 Å². The fourth-order valence-electron chi connectivity index (χ4n) is 5.06. The molecule has 53 heavy (non-hydrogen) atoms. The van der Waals surface area contributed by atoms with E-state index >= 15 is 0 Å². The number of aliphatic carboxylic acids is 3. The predicted octanol–water partition coefficient (Wildman–Crippen LogP) is 3.91. The molecule has 20 heteroatoms. The van der Waals surface area contributed by atoms with Crippen LogP contribution in [0.25, 0.3) is 11.3 Å². The van der Waals surface area contributed by atoms with Crippen molar-refractivity contribution in [1.29, 1.82) is 0 Å². The van der Waals surface area contributed by atoms with Gasteiger partial charge in [0.15, 0.2) is 0 Å². The minimum Gasteiger partial charge on any atom is -0.489 e. The topological polar surface area (TPSA) is 198 Å². The second-order valence-corrected chi connectivity index (χ2v) is 11.3. The lowest BCUT2D eigenvalue weighted by molar-refractivity contribution is -0.193. The minimum atomic E-state index is -5.08. The van der Waals surface area contributed by atoms with Gasteiger partial charge in [-0.15, -0.1) is 0 Å². The first-order chi connectivity index (χ1) is 25.0. The number of anilines is 2. The monoisotopic (exact) mass is 761 g/mol. The summed E-state index contributed by atoms with van der Waals surface area (Å²) in [5.41, 5.74) is 11.7. The summed E-state index contributed by atoms with van der Waals surface area (Å²) in [5.74, 6) is -4.39. The predicted molar refractivity (Wildman–Crippen MR) is 175 cm³/mol. The Morgan fingerprint density at radius 1 is 0.792 bits per heavy atom. The number of nitrogens with two attached hydrogens (primary N) is 1. The number of halogens is 6. The lowest BCUT2D eigenvalue weighted by atomic mass is 9.88. The molecular formula is C33H37F6N5O9. The number of carboxylic acid groups (broad SMARTS) is 3. The van der Waals surface area contributed by atoms with Gasteiger partial charge in [0.05, 0.1) is 25.5 Å². The number of aromatic nitrogens is 2. The Morgan fingerprint density at radius 3 is 1.98 bits per heavy atom. The van der Waals surface area contributed by atoms with E-state index in [2.05, 4.69) is 44.0 Å². The molecule has 290 valence electrons. The number of hydrogen-bond donors (Lipinski definition) is 4. The number of carboxylic acids is 3. The fourth-order valence-corrected chi connectivity index (χ4v) is 5.06. The highest BCUT2D eigenvalue weighted by Gasteiger charge is 2.39. The van der Waals surface area contributed by atoms with Gasteiger partial charge in [0.1, 0.15) is 24.8 Å². The van der Waals surface area contributed by atoms with Gasteiger partial charge < -0.3 is 40.2 Å². The highest BCUT2D eigenvalue weighted by Crippen LogP contribution is 2.38. The van der Waals surface area contributed by atoms with E-state index in [-0.39, 0.29) is 13.2 Å². The number of alkyl halides is 6. The normalized spacial score (nSPS) is 14.0. The van der Waals surface area contributed by atoms with Crippen LogP contribution in [0.2, 0.25) is 0 Å². The van der Waals surface area contributed by atoms with Crippen LogP contribution in [0.5, 0.6) is 5.75 Å². The van der Waals surface area contributed by atoms with Gasteiger partial charge in [-0.25, -0.2) is 19.4 Å². The van der Waals surface area contributed by atoms with Crippen molar-refractivity contribution in [2.45, 2.75) is 31.8 Å². The van der Waals surface area contributed by atoms with Crippen LogP contribution in [0.15, 0.2) is 48.5 Å². The number of nitrogen functional groups attached to an aromatic ring is 1. The van der Waals surface area contributed by atoms with Crippen molar-refractivity contribution in [1.82, 2.24) is 14.9 Å². The number of aryl methyl sites for hydroxylation is 1. The molecule has 0 atom stereocenters. The van der Waals surface area contributed by atoms with Gasteiger partial charge in [0.2, 0.25) is 5.95 Å². The van der Waals surface area contributed by atoms with E-state index in [0.29, 0.717) is 25.8 Å². The zero-order valence-corrected chi connectivity index (χ0v) is 28.0. The summed E-state index contributed by atoms with van der Waals surface area (Å²) in [6, 6.07) is 16.4. The Bertz CT molecular complexity index is 1650. The Balaban J connectivity index is 0.000000458. The summed E-state index contributed by atoms with van der Waals surface area (Å²) >= 11 is 0. The molecule has 2 heterocycles. The lowest BCUT2D eigenvalue weighted by Gasteiger charge is -2.37. The van der Waals surface area contributed by atoms with Gasteiger partial charge in [0, 0.05) is 43.9 Å². The number of nitrogens with zero attached hydrogens (tertiary/aromatic N) is 4.